The number of aromatic hydroxyl groups is 2. The maximum atomic E-state index is 12.3. The quantitative estimate of drug-likeness (QED) is 0.210. The summed E-state index contributed by atoms with van der Waals surface area (Å²) in [6.45, 7) is 2.22. The number of hydrogen-bond donors (Lipinski definition) is 3. The summed E-state index contributed by atoms with van der Waals surface area (Å²) in [5, 5.41) is 30.1. The van der Waals surface area contributed by atoms with Crippen molar-refractivity contribution in [3.8, 4) is 17.2 Å². The van der Waals surface area contributed by atoms with Crippen LogP contribution in [0.2, 0.25) is 0 Å². The van der Waals surface area contributed by atoms with E-state index in [-0.39, 0.29) is 35.7 Å². The van der Waals surface area contributed by atoms with Crippen LogP contribution < -0.4 is 4.74 Å². The van der Waals surface area contributed by atoms with Gasteiger partial charge in [-0.25, -0.2) is 0 Å². The Kier molecular flexibility index (Phi) is 11.5. The third kappa shape index (κ3) is 9.70. The lowest BCUT2D eigenvalue weighted by atomic mass is 9.94. The second-order valence-corrected chi connectivity index (χ2v) is 8.47. The number of hydrogen-bond acceptors (Lipinski definition) is 5. The zero-order valence-electron chi connectivity index (χ0n) is 19.7. The second-order valence-electron chi connectivity index (χ2n) is 8.47. The average molecular weight is 455 g/mol. The average Bonchev–Trinajstić information content (AvgIpc) is 2.75. The first-order chi connectivity index (χ1) is 15.9. The summed E-state index contributed by atoms with van der Waals surface area (Å²) < 4.78 is 5.55. The van der Waals surface area contributed by atoms with Crippen LogP contribution in [0.1, 0.15) is 87.9 Å². The zero-order valence-corrected chi connectivity index (χ0v) is 19.7. The van der Waals surface area contributed by atoms with Gasteiger partial charge in [0, 0.05) is 18.6 Å². The van der Waals surface area contributed by atoms with Crippen LogP contribution in [0.25, 0.3) is 0 Å². The van der Waals surface area contributed by atoms with E-state index in [9.17, 15) is 20.1 Å². The number of ether oxygens (including phenoxy) is 1. The van der Waals surface area contributed by atoms with Crippen LogP contribution in [0.15, 0.2) is 60.7 Å². The van der Waals surface area contributed by atoms with Crippen LogP contribution in [0.4, 0.5) is 0 Å². The van der Waals surface area contributed by atoms with Gasteiger partial charge in [-0.2, -0.15) is 0 Å². The van der Waals surface area contributed by atoms with Crippen LogP contribution in [0.5, 0.6) is 17.2 Å². The fourth-order valence-electron chi connectivity index (χ4n) is 3.72. The molecule has 1 aliphatic heterocycles. The highest BCUT2D eigenvalue weighted by atomic mass is 16.6. The normalized spacial score (nSPS) is 18.7. The Bertz CT molecular complexity index is 865. The molecule has 1 aliphatic rings. The molecule has 33 heavy (non-hydrogen) atoms. The summed E-state index contributed by atoms with van der Waals surface area (Å²) in [7, 11) is 0. The SMILES string of the molecule is CCCCCC=CCC=CCC=CCC=CCCC[C@@]1(O)CC(=O)c2c(O)cc(O)cc2O1. The van der Waals surface area contributed by atoms with Gasteiger partial charge in [-0.1, -0.05) is 68.4 Å². The number of allylic oxidation sites excluding steroid dienone is 8. The van der Waals surface area contributed by atoms with Gasteiger partial charge in [-0.05, 0) is 44.9 Å². The van der Waals surface area contributed by atoms with E-state index in [1.807, 2.05) is 0 Å². The number of unbranched alkanes of at least 4 members (excludes halogenated alkanes) is 4. The predicted molar refractivity (Wildman–Crippen MR) is 133 cm³/mol. The van der Waals surface area contributed by atoms with Gasteiger partial charge in [0.1, 0.15) is 22.8 Å². The minimum absolute atomic E-state index is 0.0119. The maximum absolute atomic E-state index is 12.3. The topological polar surface area (TPSA) is 87.0 Å². The van der Waals surface area contributed by atoms with Gasteiger partial charge in [0.2, 0.25) is 5.79 Å². The molecule has 2 rings (SSSR count). The molecule has 5 heteroatoms. The molecule has 1 atom stereocenters. The maximum Gasteiger partial charge on any atom is 0.215 e. The lowest BCUT2D eigenvalue weighted by Gasteiger charge is -2.33. The number of carbonyl (C=O) groups excluding carboxylic acids is 1. The van der Waals surface area contributed by atoms with Crippen LogP contribution >= 0.6 is 0 Å². The van der Waals surface area contributed by atoms with Crippen molar-refractivity contribution in [1.29, 1.82) is 0 Å². The third-order valence-electron chi connectivity index (χ3n) is 5.48. The number of phenolic OH excluding ortho intramolecular Hbond substituents is 2. The Labute approximate surface area is 197 Å². The largest absolute Gasteiger partial charge is 0.508 e. The molecule has 0 saturated heterocycles. The number of carbonyl (C=O) groups is 1. The van der Waals surface area contributed by atoms with Crippen LogP contribution in [0.3, 0.4) is 0 Å². The third-order valence-corrected chi connectivity index (χ3v) is 5.48. The molecule has 0 amide bonds. The Morgan fingerprint density at radius 2 is 1.45 bits per heavy atom. The molecule has 1 aromatic rings. The van der Waals surface area contributed by atoms with Gasteiger partial charge >= 0.3 is 0 Å². The molecule has 0 radical (unpaired) electrons. The van der Waals surface area contributed by atoms with Crippen molar-refractivity contribution < 1.29 is 24.9 Å². The van der Waals surface area contributed by atoms with Gasteiger partial charge in [-0.15, -0.1) is 0 Å². The van der Waals surface area contributed by atoms with E-state index in [2.05, 4.69) is 55.5 Å². The number of benzene rings is 1. The lowest BCUT2D eigenvalue weighted by molar-refractivity contribution is -0.145. The number of rotatable bonds is 14. The molecule has 0 unspecified atom stereocenters. The molecule has 0 aromatic heterocycles. The molecule has 180 valence electrons. The van der Waals surface area contributed by atoms with Crippen molar-refractivity contribution in [2.24, 2.45) is 0 Å². The van der Waals surface area contributed by atoms with Crippen LogP contribution in [0, 0.1) is 0 Å². The van der Waals surface area contributed by atoms with E-state index in [4.69, 9.17) is 4.74 Å². The summed E-state index contributed by atoms with van der Waals surface area (Å²) >= 11 is 0. The molecule has 0 fully saturated rings. The molecule has 1 heterocycles. The Balaban J connectivity index is 1.60. The fourth-order valence-corrected chi connectivity index (χ4v) is 3.72. The van der Waals surface area contributed by atoms with E-state index < -0.39 is 11.6 Å². The van der Waals surface area contributed by atoms with Crippen LogP contribution in [-0.2, 0) is 0 Å². The first kappa shape index (κ1) is 26.5. The number of Topliss-reactive ketones (excluding diaryl/α,β-unsaturated/α-hetero) is 1. The van der Waals surface area contributed by atoms with Gasteiger partial charge in [-0.3, -0.25) is 4.79 Å². The highest BCUT2D eigenvalue weighted by molar-refractivity contribution is 6.02. The molecular weight excluding hydrogens is 416 g/mol. The highest BCUT2D eigenvalue weighted by Gasteiger charge is 2.39. The summed E-state index contributed by atoms with van der Waals surface area (Å²) in [4.78, 5) is 12.3. The van der Waals surface area contributed by atoms with Gasteiger partial charge in [0.25, 0.3) is 0 Å². The van der Waals surface area contributed by atoms with Crippen molar-refractivity contribution in [1.82, 2.24) is 0 Å². The number of fused-ring (bicyclic) bond motifs is 1. The zero-order chi connectivity index (χ0) is 23.9. The van der Waals surface area contributed by atoms with Crippen molar-refractivity contribution >= 4 is 5.78 Å². The summed E-state index contributed by atoms with van der Waals surface area (Å²) in [5.74, 6) is -2.55. The lowest BCUT2D eigenvalue weighted by Crippen LogP contribution is -2.41. The molecule has 0 saturated carbocycles. The van der Waals surface area contributed by atoms with E-state index in [0.717, 1.165) is 31.7 Å². The monoisotopic (exact) mass is 454 g/mol. The van der Waals surface area contributed by atoms with Crippen molar-refractivity contribution in [2.75, 3.05) is 0 Å². The van der Waals surface area contributed by atoms with E-state index in [1.54, 1.807) is 0 Å². The summed E-state index contributed by atoms with van der Waals surface area (Å²) in [5.41, 5.74) is 0.0119. The highest BCUT2D eigenvalue weighted by Crippen LogP contribution is 2.41. The number of ketones is 1. The number of aliphatic hydroxyl groups is 1. The second kappa shape index (κ2) is 14.4. The van der Waals surface area contributed by atoms with Gasteiger partial charge in [0.15, 0.2) is 5.78 Å². The van der Waals surface area contributed by atoms with Crippen LogP contribution in [-0.4, -0.2) is 26.9 Å². The molecule has 3 N–H and O–H groups in total. The molecule has 1 aromatic carbocycles. The van der Waals surface area contributed by atoms with Gasteiger partial charge in [0.05, 0.1) is 6.42 Å². The fraction of sp³-hybridized carbons (Fsp3) is 0.464. The summed E-state index contributed by atoms with van der Waals surface area (Å²) in [6, 6.07) is 2.33. The van der Waals surface area contributed by atoms with Crippen molar-refractivity contribution in [3.63, 3.8) is 0 Å². The number of phenols is 2. The molecule has 5 nitrogen and oxygen atoms in total. The van der Waals surface area contributed by atoms with Gasteiger partial charge < -0.3 is 20.1 Å². The standard InChI is InChI=1S/C28H38O5/c1-2-3-4-5-6-7-8-9-10-11-12-13-14-15-16-17-18-19-28(32)22-25(31)27-24(30)20-23(29)21-26(27)33-28/h6-7,9-10,12-13,15-16,20-21,29-30,32H,2-5,8,11,14,17-19,22H2,1H3/t28-/m0/s1. The Morgan fingerprint density at radius 3 is 2.06 bits per heavy atom. The van der Waals surface area contributed by atoms with E-state index >= 15 is 0 Å². The Morgan fingerprint density at radius 1 is 0.879 bits per heavy atom. The first-order valence-corrected chi connectivity index (χ1v) is 12.1. The van der Waals surface area contributed by atoms with Crippen molar-refractivity contribution in [3.05, 3.63) is 66.3 Å². The first-order valence-electron chi connectivity index (χ1n) is 12.1. The minimum Gasteiger partial charge on any atom is -0.508 e. The minimum atomic E-state index is -1.62. The molecule has 0 aliphatic carbocycles. The molecule has 0 spiro atoms. The van der Waals surface area contributed by atoms with E-state index in [0.29, 0.717) is 6.42 Å². The smallest absolute Gasteiger partial charge is 0.215 e. The van der Waals surface area contributed by atoms with E-state index in [1.165, 1.54) is 31.7 Å². The summed E-state index contributed by atoms with van der Waals surface area (Å²) in [6.07, 6.45) is 26.6. The molecular formula is C28H38O5. The van der Waals surface area contributed by atoms with Crippen molar-refractivity contribution in [2.45, 2.75) is 83.3 Å². The molecule has 0 bridgehead atoms. The Hall–Kier alpha value is -2.79. The predicted octanol–water partition coefficient (Wildman–Crippen LogP) is 6.90.